The minimum Gasteiger partial charge on any atom is -0.496 e. The van der Waals surface area contributed by atoms with Crippen molar-refractivity contribution in [3.8, 4) is 5.75 Å². The maximum Gasteiger partial charge on any atom is 0.264 e. The molecule has 0 saturated carbocycles. The second kappa shape index (κ2) is 8.45. The topological polar surface area (TPSA) is 75.7 Å². The number of methoxy groups -OCH3 is 1. The van der Waals surface area contributed by atoms with E-state index in [9.17, 15) is 13.2 Å². The second-order valence-electron chi connectivity index (χ2n) is 5.92. The van der Waals surface area contributed by atoms with Gasteiger partial charge in [-0.1, -0.05) is 36.4 Å². The number of nitrogens with zero attached hydrogens (tertiary/aromatic N) is 1. The molecule has 0 aliphatic carbocycles. The maximum absolute atomic E-state index is 12.9. The Kier molecular flexibility index (Phi) is 6.01. The molecule has 1 amide bonds. The molecular weight excluding hydrogens is 396 g/mol. The number of thiophene rings is 1. The lowest BCUT2D eigenvalue weighted by Gasteiger charge is -2.19. The minimum atomic E-state index is -3.76. The van der Waals surface area contributed by atoms with Gasteiger partial charge in [-0.25, -0.2) is 8.42 Å². The predicted molar refractivity (Wildman–Crippen MR) is 111 cm³/mol. The summed E-state index contributed by atoms with van der Waals surface area (Å²) in [5.41, 5.74) is 1.17. The van der Waals surface area contributed by atoms with Gasteiger partial charge in [0, 0.05) is 19.2 Å². The largest absolute Gasteiger partial charge is 0.496 e. The van der Waals surface area contributed by atoms with Gasteiger partial charge in [-0.15, -0.1) is 11.3 Å². The predicted octanol–water partition coefficient (Wildman–Crippen LogP) is 3.51. The van der Waals surface area contributed by atoms with E-state index in [4.69, 9.17) is 4.74 Å². The molecule has 2 aromatic carbocycles. The SMILES string of the molecule is COc1ccccc1CNC(=O)c1sccc1N(C)S(=O)(=O)c1ccccc1. The normalized spacial score (nSPS) is 11.1. The number of benzene rings is 2. The van der Waals surface area contributed by atoms with Crippen LogP contribution in [-0.2, 0) is 16.6 Å². The standard InChI is InChI=1S/C20H20N2O4S2/c1-22(28(24,25)16-9-4-3-5-10-16)17-12-13-27-19(17)20(23)21-14-15-8-6-7-11-18(15)26-2/h3-13H,14H2,1-2H3,(H,21,23). The zero-order chi connectivity index (χ0) is 20.1. The van der Waals surface area contributed by atoms with Crippen molar-refractivity contribution in [1.29, 1.82) is 0 Å². The number of amides is 1. The molecule has 0 radical (unpaired) electrons. The van der Waals surface area contributed by atoms with E-state index in [-0.39, 0.29) is 17.3 Å². The molecule has 0 atom stereocenters. The Hall–Kier alpha value is -2.84. The monoisotopic (exact) mass is 416 g/mol. The number of carbonyl (C=O) groups excluding carboxylic acids is 1. The third kappa shape index (κ3) is 4.02. The van der Waals surface area contributed by atoms with Crippen molar-refractivity contribution >= 4 is 33.0 Å². The van der Waals surface area contributed by atoms with Crippen molar-refractivity contribution in [1.82, 2.24) is 5.32 Å². The molecule has 8 heteroatoms. The number of hydrogen-bond acceptors (Lipinski definition) is 5. The first-order chi connectivity index (χ1) is 13.4. The lowest BCUT2D eigenvalue weighted by Crippen LogP contribution is -2.29. The molecule has 28 heavy (non-hydrogen) atoms. The third-order valence-electron chi connectivity index (χ3n) is 4.22. The van der Waals surface area contributed by atoms with E-state index in [0.717, 1.165) is 9.87 Å². The number of sulfonamides is 1. The van der Waals surface area contributed by atoms with Gasteiger partial charge in [-0.05, 0) is 29.6 Å². The highest BCUT2D eigenvalue weighted by atomic mass is 32.2. The summed E-state index contributed by atoms with van der Waals surface area (Å²) in [6, 6.07) is 17.2. The summed E-state index contributed by atoms with van der Waals surface area (Å²) in [6.45, 7) is 0.273. The molecule has 6 nitrogen and oxygen atoms in total. The maximum atomic E-state index is 12.9. The van der Waals surface area contributed by atoms with Crippen molar-refractivity contribution in [2.24, 2.45) is 0 Å². The lowest BCUT2D eigenvalue weighted by molar-refractivity contribution is 0.0955. The smallest absolute Gasteiger partial charge is 0.264 e. The van der Waals surface area contributed by atoms with E-state index in [2.05, 4.69) is 5.32 Å². The van der Waals surface area contributed by atoms with E-state index in [1.54, 1.807) is 36.8 Å². The first-order valence-electron chi connectivity index (χ1n) is 8.46. The third-order valence-corrected chi connectivity index (χ3v) is 6.91. The molecule has 3 rings (SSSR count). The average molecular weight is 417 g/mol. The molecule has 0 fully saturated rings. The molecule has 1 aromatic heterocycles. The van der Waals surface area contributed by atoms with Gasteiger partial charge < -0.3 is 10.1 Å². The fraction of sp³-hybridized carbons (Fsp3) is 0.150. The van der Waals surface area contributed by atoms with Crippen molar-refractivity contribution < 1.29 is 17.9 Å². The fourth-order valence-electron chi connectivity index (χ4n) is 2.71. The number of anilines is 1. The van der Waals surface area contributed by atoms with Crippen molar-refractivity contribution in [3.05, 3.63) is 76.5 Å². The van der Waals surface area contributed by atoms with Gasteiger partial charge in [-0.2, -0.15) is 0 Å². The van der Waals surface area contributed by atoms with Crippen molar-refractivity contribution in [2.75, 3.05) is 18.5 Å². The molecular formula is C20H20N2O4S2. The summed E-state index contributed by atoms with van der Waals surface area (Å²) in [6.07, 6.45) is 0. The zero-order valence-electron chi connectivity index (χ0n) is 15.5. The van der Waals surface area contributed by atoms with Gasteiger partial charge >= 0.3 is 0 Å². The highest BCUT2D eigenvalue weighted by molar-refractivity contribution is 7.92. The second-order valence-corrected chi connectivity index (χ2v) is 8.80. The van der Waals surface area contributed by atoms with Crippen LogP contribution in [0.15, 0.2) is 70.9 Å². The van der Waals surface area contributed by atoms with Gasteiger partial charge in [0.05, 0.1) is 17.7 Å². The number of ether oxygens (including phenoxy) is 1. The number of nitrogens with one attached hydrogen (secondary N) is 1. The van der Waals surface area contributed by atoms with Crippen LogP contribution in [0.3, 0.4) is 0 Å². The van der Waals surface area contributed by atoms with Crippen molar-refractivity contribution in [3.63, 3.8) is 0 Å². The Morgan fingerprint density at radius 3 is 2.46 bits per heavy atom. The van der Waals surface area contributed by atoms with Gasteiger partial charge in [0.1, 0.15) is 10.6 Å². The van der Waals surface area contributed by atoms with Gasteiger partial charge in [0.2, 0.25) is 0 Å². The molecule has 0 bridgehead atoms. The lowest BCUT2D eigenvalue weighted by atomic mass is 10.2. The van der Waals surface area contributed by atoms with Crippen LogP contribution in [0.4, 0.5) is 5.69 Å². The first kappa shape index (κ1) is 19.9. The summed E-state index contributed by atoms with van der Waals surface area (Å²) in [7, 11) is -0.739. The molecule has 0 spiro atoms. The molecule has 146 valence electrons. The summed E-state index contributed by atoms with van der Waals surface area (Å²) in [5, 5.41) is 4.53. The van der Waals surface area contributed by atoms with Crippen LogP contribution in [0.2, 0.25) is 0 Å². The zero-order valence-corrected chi connectivity index (χ0v) is 17.1. The van der Waals surface area contributed by atoms with Crippen LogP contribution in [0, 0.1) is 0 Å². The number of para-hydroxylation sites is 1. The van der Waals surface area contributed by atoms with E-state index in [1.165, 1.54) is 30.5 Å². The summed E-state index contributed by atoms with van der Waals surface area (Å²) < 4.78 is 32.1. The van der Waals surface area contributed by atoms with Crippen LogP contribution in [0.5, 0.6) is 5.75 Å². The van der Waals surface area contributed by atoms with Crippen LogP contribution >= 0.6 is 11.3 Å². The van der Waals surface area contributed by atoms with Crippen LogP contribution in [-0.4, -0.2) is 28.5 Å². The summed E-state index contributed by atoms with van der Waals surface area (Å²) in [5.74, 6) is 0.337. The Labute approximate surface area is 168 Å². The highest BCUT2D eigenvalue weighted by Gasteiger charge is 2.26. The van der Waals surface area contributed by atoms with Crippen LogP contribution in [0.25, 0.3) is 0 Å². The minimum absolute atomic E-state index is 0.170. The number of hydrogen-bond donors (Lipinski definition) is 1. The Morgan fingerprint density at radius 2 is 1.75 bits per heavy atom. The molecule has 0 unspecified atom stereocenters. The highest BCUT2D eigenvalue weighted by Crippen LogP contribution is 2.30. The first-order valence-corrected chi connectivity index (χ1v) is 10.8. The van der Waals surface area contributed by atoms with E-state index in [0.29, 0.717) is 16.3 Å². The molecule has 1 heterocycles. The molecule has 1 N–H and O–H groups in total. The molecule has 0 saturated heterocycles. The van der Waals surface area contributed by atoms with Crippen LogP contribution in [0.1, 0.15) is 15.2 Å². The molecule has 0 aliphatic heterocycles. The van der Waals surface area contributed by atoms with E-state index < -0.39 is 10.0 Å². The van der Waals surface area contributed by atoms with Gasteiger partial charge in [0.25, 0.3) is 15.9 Å². The average Bonchev–Trinajstić information content (AvgIpc) is 3.22. The number of rotatable bonds is 7. The number of carbonyl (C=O) groups is 1. The Bertz CT molecular complexity index is 1060. The molecule has 3 aromatic rings. The quantitative estimate of drug-likeness (QED) is 0.640. The van der Waals surface area contributed by atoms with E-state index in [1.807, 2.05) is 24.3 Å². The van der Waals surface area contributed by atoms with Gasteiger partial charge in [-0.3, -0.25) is 9.10 Å². The molecule has 0 aliphatic rings. The van der Waals surface area contributed by atoms with E-state index >= 15 is 0 Å². The summed E-state index contributed by atoms with van der Waals surface area (Å²) in [4.78, 5) is 13.2. The van der Waals surface area contributed by atoms with Crippen molar-refractivity contribution in [2.45, 2.75) is 11.4 Å². The Morgan fingerprint density at radius 1 is 1.07 bits per heavy atom. The van der Waals surface area contributed by atoms with Crippen LogP contribution < -0.4 is 14.4 Å². The fourth-order valence-corrected chi connectivity index (χ4v) is 4.83. The Balaban J connectivity index is 1.80. The summed E-state index contributed by atoms with van der Waals surface area (Å²) >= 11 is 1.19. The van der Waals surface area contributed by atoms with Gasteiger partial charge in [0.15, 0.2) is 0 Å².